The summed E-state index contributed by atoms with van der Waals surface area (Å²) >= 11 is 0. The fourth-order valence-corrected chi connectivity index (χ4v) is 4.85. The fraction of sp³-hybridized carbons (Fsp3) is 0.444. The van der Waals surface area contributed by atoms with Gasteiger partial charge in [-0.15, -0.1) is 0 Å². The standard InChI is InChI=1S/C27H29F3N4O2/c1-2-3-21(32)23(35)34(25(16-31)12-13-25)22(27(28,29)30)19-6-4-17(5-7-19)18-8-10-20(11-9-18)26(14-15-26)24(33)36/h4-11,21-22H,2-3,12-15,32H2,1H3,(H2,33,36)/t21-,22-/m0/s1. The van der Waals surface area contributed by atoms with Crippen LogP contribution in [0.25, 0.3) is 11.1 Å². The van der Waals surface area contributed by atoms with Crippen LogP contribution in [0.3, 0.4) is 0 Å². The number of nitrogens with two attached hydrogens (primary N) is 2. The van der Waals surface area contributed by atoms with Crippen molar-refractivity contribution in [1.82, 2.24) is 4.90 Å². The molecule has 2 amide bonds. The Bertz CT molecular complexity index is 1180. The normalized spacial score (nSPS) is 19.0. The van der Waals surface area contributed by atoms with Crippen LogP contribution in [-0.2, 0) is 15.0 Å². The Balaban J connectivity index is 1.66. The quantitative estimate of drug-likeness (QED) is 0.530. The number of hydrogen-bond donors (Lipinski definition) is 2. The van der Waals surface area contributed by atoms with E-state index in [9.17, 15) is 28.0 Å². The number of rotatable bonds is 9. The van der Waals surface area contributed by atoms with Gasteiger partial charge in [-0.3, -0.25) is 9.59 Å². The molecule has 2 aliphatic carbocycles. The third-order valence-corrected chi connectivity index (χ3v) is 7.33. The first-order chi connectivity index (χ1) is 17.0. The van der Waals surface area contributed by atoms with E-state index in [2.05, 4.69) is 0 Å². The van der Waals surface area contributed by atoms with Gasteiger partial charge in [0.05, 0.1) is 17.5 Å². The number of benzene rings is 2. The molecule has 4 N–H and O–H groups in total. The van der Waals surface area contributed by atoms with Crippen molar-refractivity contribution < 1.29 is 22.8 Å². The first-order valence-electron chi connectivity index (χ1n) is 12.1. The van der Waals surface area contributed by atoms with Crippen LogP contribution >= 0.6 is 0 Å². The largest absolute Gasteiger partial charge is 0.413 e. The zero-order valence-electron chi connectivity index (χ0n) is 20.0. The number of nitrogens with zero attached hydrogens (tertiary/aromatic N) is 2. The molecule has 0 radical (unpaired) electrons. The molecule has 0 spiro atoms. The van der Waals surface area contributed by atoms with Gasteiger partial charge in [0.2, 0.25) is 11.8 Å². The van der Waals surface area contributed by atoms with Gasteiger partial charge in [-0.25, -0.2) is 0 Å². The molecular weight excluding hydrogens is 469 g/mol. The SMILES string of the molecule is CCC[C@H](N)C(=O)N([C@@H](c1ccc(-c2ccc(C3(C(N)=O)CC3)cc2)cc1)C(F)(F)F)C1(C#N)CC1. The lowest BCUT2D eigenvalue weighted by Crippen LogP contribution is -2.54. The molecule has 2 fully saturated rings. The first-order valence-corrected chi connectivity index (χ1v) is 12.1. The number of halogens is 3. The molecule has 0 aromatic heterocycles. The van der Waals surface area contributed by atoms with E-state index in [0.717, 1.165) is 11.1 Å². The lowest BCUT2D eigenvalue weighted by atomic mass is 9.92. The number of carbonyl (C=O) groups excluding carboxylic acids is 2. The average molecular weight is 499 g/mol. The van der Waals surface area contributed by atoms with Crippen LogP contribution in [0.4, 0.5) is 13.2 Å². The van der Waals surface area contributed by atoms with Gasteiger partial charge in [0, 0.05) is 0 Å². The maximum atomic E-state index is 14.4. The smallest absolute Gasteiger partial charge is 0.369 e. The lowest BCUT2D eigenvalue weighted by Gasteiger charge is -2.38. The zero-order chi connectivity index (χ0) is 26.3. The molecule has 0 saturated heterocycles. The summed E-state index contributed by atoms with van der Waals surface area (Å²) in [6.07, 6.45) is -2.27. The Labute approximate surface area is 208 Å². The van der Waals surface area contributed by atoms with Crippen molar-refractivity contribution in [3.63, 3.8) is 0 Å². The third-order valence-electron chi connectivity index (χ3n) is 7.33. The minimum Gasteiger partial charge on any atom is -0.369 e. The van der Waals surface area contributed by atoms with E-state index in [-0.39, 0.29) is 30.7 Å². The Morgan fingerprint density at radius 1 is 1.03 bits per heavy atom. The first kappa shape index (κ1) is 25.7. The van der Waals surface area contributed by atoms with Gasteiger partial charge in [0.1, 0.15) is 5.54 Å². The number of carbonyl (C=O) groups is 2. The Morgan fingerprint density at radius 3 is 1.94 bits per heavy atom. The summed E-state index contributed by atoms with van der Waals surface area (Å²) < 4.78 is 43.3. The summed E-state index contributed by atoms with van der Waals surface area (Å²) in [4.78, 5) is 25.6. The van der Waals surface area contributed by atoms with Gasteiger partial charge < -0.3 is 16.4 Å². The van der Waals surface area contributed by atoms with E-state index in [1.54, 1.807) is 19.1 Å². The van der Waals surface area contributed by atoms with E-state index >= 15 is 0 Å². The topological polar surface area (TPSA) is 113 Å². The molecule has 0 heterocycles. The second-order valence-corrected chi connectivity index (χ2v) is 9.84. The number of alkyl halides is 3. The molecule has 2 aromatic rings. The van der Waals surface area contributed by atoms with Crippen LogP contribution in [-0.4, -0.2) is 34.5 Å². The zero-order valence-corrected chi connectivity index (χ0v) is 20.0. The molecule has 0 unspecified atom stereocenters. The van der Waals surface area contributed by atoms with Gasteiger partial charge >= 0.3 is 6.18 Å². The molecule has 0 aliphatic heterocycles. The van der Waals surface area contributed by atoms with Crippen LogP contribution in [0.2, 0.25) is 0 Å². The minimum atomic E-state index is -4.80. The van der Waals surface area contributed by atoms with Crippen LogP contribution in [0.1, 0.15) is 62.6 Å². The van der Waals surface area contributed by atoms with Gasteiger partial charge in [-0.1, -0.05) is 61.9 Å². The fourth-order valence-electron chi connectivity index (χ4n) is 4.85. The second-order valence-electron chi connectivity index (χ2n) is 9.84. The summed E-state index contributed by atoms with van der Waals surface area (Å²) in [5.41, 5.74) is 11.5. The Morgan fingerprint density at radius 2 is 1.56 bits per heavy atom. The van der Waals surface area contributed by atoms with Gasteiger partial charge in [0.25, 0.3) is 0 Å². The summed E-state index contributed by atoms with van der Waals surface area (Å²) in [6.45, 7) is 1.79. The van der Waals surface area contributed by atoms with Gasteiger partial charge in [-0.05, 0) is 54.4 Å². The highest BCUT2D eigenvalue weighted by Gasteiger charge is 2.60. The van der Waals surface area contributed by atoms with E-state index in [1.807, 2.05) is 30.3 Å². The molecule has 2 aliphatic rings. The predicted octanol–water partition coefficient (Wildman–Crippen LogP) is 4.49. The van der Waals surface area contributed by atoms with Crippen molar-refractivity contribution in [2.24, 2.45) is 11.5 Å². The monoisotopic (exact) mass is 498 g/mol. The summed E-state index contributed by atoms with van der Waals surface area (Å²) in [5, 5.41) is 9.68. The summed E-state index contributed by atoms with van der Waals surface area (Å²) in [7, 11) is 0. The van der Waals surface area contributed by atoms with Crippen molar-refractivity contribution in [2.75, 3.05) is 0 Å². The molecule has 2 atom stereocenters. The number of amides is 2. The lowest BCUT2D eigenvalue weighted by molar-refractivity contribution is -0.197. The third kappa shape index (κ3) is 4.58. The average Bonchev–Trinajstić information content (AvgIpc) is 3.77. The highest BCUT2D eigenvalue weighted by atomic mass is 19.4. The maximum absolute atomic E-state index is 14.4. The molecule has 2 saturated carbocycles. The van der Waals surface area contributed by atoms with Crippen molar-refractivity contribution >= 4 is 11.8 Å². The van der Waals surface area contributed by atoms with Crippen LogP contribution in [0.15, 0.2) is 48.5 Å². The van der Waals surface area contributed by atoms with E-state index in [1.165, 1.54) is 12.1 Å². The van der Waals surface area contributed by atoms with E-state index in [0.29, 0.717) is 29.7 Å². The van der Waals surface area contributed by atoms with E-state index in [4.69, 9.17) is 11.5 Å². The summed E-state index contributed by atoms with van der Waals surface area (Å²) in [6, 6.07) is 11.6. The Kier molecular flexibility index (Phi) is 6.60. The molecular formula is C27H29F3N4O2. The summed E-state index contributed by atoms with van der Waals surface area (Å²) in [5.74, 6) is -1.22. The molecule has 0 bridgehead atoms. The molecule has 36 heavy (non-hydrogen) atoms. The molecule has 2 aromatic carbocycles. The van der Waals surface area contributed by atoms with Crippen LogP contribution in [0, 0.1) is 11.3 Å². The molecule has 190 valence electrons. The van der Waals surface area contributed by atoms with Gasteiger partial charge in [-0.2, -0.15) is 18.4 Å². The predicted molar refractivity (Wildman–Crippen MR) is 128 cm³/mol. The van der Waals surface area contributed by atoms with Crippen molar-refractivity contribution in [3.05, 3.63) is 59.7 Å². The number of primary amides is 1. The molecule has 6 nitrogen and oxygen atoms in total. The van der Waals surface area contributed by atoms with Crippen LogP contribution < -0.4 is 11.5 Å². The van der Waals surface area contributed by atoms with Crippen molar-refractivity contribution in [2.45, 2.75) is 74.7 Å². The maximum Gasteiger partial charge on any atom is 0.413 e. The van der Waals surface area contributed by atoms with Gasteiger partial charge in [0.15, 0.2) is 6.04 Å². The molecule has 9 heteroatoms. The highest BCUT2D eigenvalue weighted by Crippen LogP contribution is 2.51. The van der Waals surface area contributed by atoms with Crippen LogP contribution in [0.5, 0.6) is 0 Å². The van der Waals surface area contributed by atoms with Crippen molar-refractivity contribution in [3.8, 4) is 17.2 Å². The number of hydrogen-bond acceptors (Lipinski definition) is 4. The minimum absolute atomic E-state index is 0.132. The van der Waals surface area contributed by atoms with Crippen molar-refractivity contribution in [1.29, 1.82) is 5.26 Å². The second kappa shape index (κ2) is 9.25. The number of nitriles is 1. The Hall–Kier alpha value is -3.38. The highest BCUT2D eigenvalue weighted by molar-refractivity contribution is 5.90. The molecule has 4 rings (SSSR count). The van der Waals surface area contributed by atoms with E-state index < -0.39 is 35.1 Å².